The zero-order valence-electron chi connectivity index (χ0n) is 21.8. The molecular weight excluding hydrogens is 433 g/mol. The molecule has 6 aliphatic rings. The number of likely N-dealkylation sites (tertiary alicyclic amines) is 2. The van der Waals surface area contributed by atoms with Crippen molar-refractivity contribution in [1.82, 2.24) is 15.1 Å². The topological polar surface area (TPSA) is 80.3 Å². The van der Waals surface area contributed by atoms with Crippen molar-refractivity contribution >= 4 is 19.1 Å². The van der Waals surface area contributed by atoms with Gasteiger partial charge in [-0.1, -0.05) is 13.8 Å². The molecule has 0 spiro atoms. The Morgan fingerprint density at radius 2 is 1.91 bits per heavy atom. The Bertz CT molecular complexity index is 832. The summed E-state index contributed by atoms with van der Waals surface area (Å²) in [5.41, 5.74) is -0.432. The normalized spacial score (nSPS) is 38.6. The Morgan fingerprint density at radius 1 is 1.15 bits per heavy atom. The van der Waals surface area contributed by atoms with Crippen molar-refractivity contribution in [3.05, 3.63) is 0 Å². The maximum absolute atomic E-state index is 13.2. The second kappa shape index (κ2) is 8.37. The van der Waals surface area contributed by atoms with Crippen LogP contribution in [0.2, 0.25) is 0 Å². The fraction of sp³-hybridized carbons (Fsp3) is 0.920. The van der Waals surface area contributed by atoms with E-state index in [1.165, 1.54) is 6.42 Å². The van der Waals surface area contributed by atoms with E-state index in [-0.39, 0.29) is 49.4 Å². The van der Waals surface area contributed by atoms with Crippen molar-refractivity contribution in [2.45, 2.75) is 103 Å². The second-order valence-electron chi connectivity index (χ2n) is 12.9. The van der Waals surface area contributed by atoms with Gasteiger partial charge in [0.2, 0.25) is 5.91 Å². The number of carbonyl (C=O) groups is 2. The lowest BCUT2D eigenvalue weighted by Crippen LogP contribution is -2.65. The van der Waals surface area contributed by atoms with E-state index in [0.717, 1.165) is 38.1 Å². The van der Waals surface area contributed by atoms with E-state index in [2.05, 4.69) is 26.1 Å². The summed E-state index contributed by atoms with van der Waals surface area (Å²) in [6.45, 7) is 14.8. The molecule has 3 saturated carbocycles. The number of ether oxygens (including phenoxy) is 1. The lowest BCUT2D eigenvalue weighted by Gasteiger charge is -2.64. The van der Waals surface area contributed by atoms with Crippen molar-refractivity contribution in [1.29, 1.82) is 0 Å². The zero-order valence-corrected chi connectivity index (χ0v) is 21.8. The van der Waals surface area contributed by atoms with Gasteiger partial charge in [-0.2, -0.15) is 0 Å². The van der Waals surface area contributed by atoms with Gasteiger partial charge in [0.1, 0.15) is 5.60 Å². The fourth-order valence-electron chi connectivity index (χ4n) is 7.20. The van der Waals surface area contributed by atoms with E-state index in [4.69, 9.17) is 14.0 Å². The van der Waals surface area contributed by atoms with Gasteiger partial charge in [-0.15, -0.1) is 0 Å². The van der Waals surface area contributed by atoms with Gasteiger partial charge in [-0.05, 0) is 77.0 Å². The minimum Gasteiger partial charge on any atom is -0.444 e. The maximum Gasteiger partial charge on any atom is 0.481 e. The van der Waals surface area contributed by atoms with Crippen LogP contribution in [0.5, 0.6) is 0 Å². The highest BCUT2D eigenvalue weighted by atomic mass is 16.7. The van der Waals surface area contributed by atoms with Crippen LogP contribution in [0.15, 0.2) is 0 Å². The van der Waals surface area contributed by atoms with Crippen LogP contribution < -0.4 is 5.32 Å². The van der Waals surface area contributed by atoms with Crippen LogP contribution in [0.4, 0.5) is 4.79 Å². The van der Waals surface area contributed by atoms with E-state index in [0.29, 0.717) is 24.4 Å². The number of rotatable bonds is 4. The maximum atomic E-state index is 13.2. The van der Waals surface area contributed by atoms with Gasteiger partial charge in [0.15, 0.2) is 0 Å². The average Bonchev–Trinajstić information content (AvgIpc) is 3.47. The quantitative estimate of drug-likeness (QED) is 0.630. The van der Waals surface area contributed by atoms with Gasteiger partial charge in [0, 0.05) is 25.7 Å². The van der Waals surface area contributed by atoms with E-state index in [9.17, 15) is 9.59 Å². The summed E-state index contributed by atoms with van der Waals surface area (Å²) in [5.74, 6) is 1.32. The van der Waals surface area contributed by atoms with Crippen LogP contribution in [-0.4, -0.2) is 84.4 Å². The van der Waals surface area contributed by atoms with Crippen LogP contribution in [-0.2, 0) is 18.8 Å². The Kier molecular flexibility index (Phi) is 6.01. The van der Waals surface area contributed by atoms with E-state index in [1.807, 2.05) is 25.7 Å². The van der Waals surface area contributed by atoms with Crippen molar-refractivity contribution in [3.63, 3.8) is 0 Å². The molecule has 0 aromatic heterocycles. The molecule has 3 heterocycles. The van der Waals surface area contributed by atoms with E-state index in [1.54, 1.807) is 4.90 Å². The Hall–Kier alpha value is -1.32. The van der Waals surface area contributed by atoms with Gasteiger partial charge in [-0.3, -0.25) is 4.79 Å². The largest absolute Gasteiger partial charge is 0.481 e. The van der Waals surface area contributed by atoms with Gasteiger partial charge in [-0.25, -0.2) is 4.79 Å². The molecule has 1 N–H and O–H groups in total. The summed E-state index contributed by atoms with van der Waals surface area (Å²) >= 11 is 0. The number of nitrogens with one attached hydrogen (secondary N) is 1. The summed E-state index contributed by atoms with van der Waals surface area (Å²) in [6.07, 6.45) is 4.88. The summed E-state index contributed by atoms with van der Waals surface area (Å²) in [5, 5.41) is 3.38. The number of hydrogen-bond acceptors (Lipinski definition) is 6. The molecular formula is C25H42BN3O5. The molecule has 3 saturated heterocycles. The number of amides is 2. The third-order valence-corrected chi connectivity index (χ3v) is 9.28. The standard InChI is InChI=1S/C25H42BN3O5/c1-23(2,3)32-22(31)28-11-9-17(15-28)27-14-21(30)29-10-7-8-20(29)26-33-19-13-16-12-18(24(16,4)5)25(19,6)34-26/h16-20,27H,7-15H2,1-6H3/t16-,17-,18-,19+,20-,25-/m0/s1. The second-order valence-corrected chi connectivity index (χ2v) is 12.9. The molecule has 2 amide bonds. The van der Waals surface area contributed by atoms with Crippen molar-refractivity contribution < 1.29 is 23.6 Å². The lowest BCUT2D eigenvalue weighted by molar-refractivity contribution is -0.199. The summed E-state index contributed by atoms with van der Waals surface area (Å²) in [7, 11) is -0.328. The highest BCUT2D eigenvalue weighted by molar-refractivity contribution is 6.48. The Morgan fingerprint density at radius 3 is 2.62 bits per heavy atom. The highest BCUT2D eigenvalue weighted by Crippen LogP contribution is 2.65. The van der Waals surface area contributed by atoms with Crippen LogP contribution in [0.3, 0.4) is 0 Å². The predicted octanol–water partition coefficient (Wildman–Crippen LogP) is 2.84. The molecule has 6 fully saturated rings. The molecule has 3 aliphatic heterocycles. The summed E-state index contributed by atoms with van der Waals surface area (Å²) in [6, 6.07) is 0.104. The van der Waals surface area contributed by atoms with Crippen molar-refractivity contribution in [2.75, 3.05) is 26.2 Å². The first-order valence-electron chi connectivity index (χ1n) is 13.2. The van der Waals surface area contributed by atoms with Crippen LogP contribution in [0.1, 0.15) is 73.6 Å². The first-order valence-corrected chi connectivity index (χ1v) is 13.2. The lowest BCUT2D eigenvalue weighted by atomic mass is 9.43. The fourth-order valence-corrected chi connectivity index (χ4v) is 7.20. The van der Waals surface area contributed by atoms with Crippen LogP contribution in [0.25, 0.3) is 0 Å². The van der Waals surface area contributed by atoms with E-state index < -0.39 is 5.60 Å². The van der Waals surface area contributed by atoms with Gasteiger partial charge < -0.3 is 29.2 Å². The molecule has 6 atom stereocenters. The number of hydrogen-bond donors (Lipinski definition) is 1. The first kappa shape index (κ1) is 24.4. The van der Waals surface area contributed by atoms with Gasteiger partial charge >= 0.3 is 13.2 Å². The molecule has 34 heavy (non-hydrogen) atoms. The van der Waals surface area contributed by atoms with E-state index >= 15 is 0 Å². The third kappa shape index (κ3) is 4.15. The molecule has 2 bridgehead atoms. The molecule has 0 aromatic rings. The SMILES string of the molecule is CC(C)(C)OC(=O)N1CC[C@H](NCC(=O)N2CCC[C@H]2B2O[C@@H]3C[C@@H]4C[C@@H](C4(C)C)[C@]3(C)O2)C1. The highest BCUT2D eigenvalue weighted by Gasteiger charge is 2.69. The Labute approximate surface area is 204 Å². The molecule has 0 unspecified atom stereocenters. The number of carbonyl (C=O) groups excluding carboxylic acids is 2. The minimum absolute atomic E-state index is 0.0149. The summed E-state index contributed by atoms with van der Waals surface area (Å²) < 4.78 is 18.6. The molecule has 3 aliphatic carbocycles. The Balaban J connectivity index is 1.13. The molecule has 9 heteroatoms. The first-order chi connectivity index (χ1) is 15.9. The van der Waals surface area contributed by atoms with Crippen LogP contribution >= 0.6 is 0 Å². The van der Waals surface area contributed by atoms with Gasteiger partial charge in [0.05, 0.1) is 24.2 Å². The smallest absolute Gasteiger partial charge is 0.444 e. The summed E-state index contributed by atoms with van der Waals surface area (Å²) in [4.78, 5) is 29.2. The zero-order chi connectivity index (χ0) is 24.5. The molecule has 6 rings (SSSR count). The molecule has 0 radical (unpaired) electrons. The monoisotopic (exact) mass is 475 g/mol. The molecule has 190 valence electrons. The average molecular weight is 475 g/mol. The molecule has 0 aromatic carbocycles. The predicted molar refractivity (Wildman–Crippen MR) is 129 cm³/mol. The van der Waals surface area contributed by atoms with Gasteiger partial charge in [0.25, 0.3) is 0 Å². The van der Waals surface area contributed by atoms with Crippen molar-refractivity contribution in [2.24, 2.45) is 17.3 Å². The van der Waals surface area contributed by atoms with Crippen molar-refractivity contribution in [3.8, 4) is 0 Å². The third-order valence-electron chi connectivity index (χ3n) is 9.28. The molecule has 8 nitrogen and oxygen atoms in total. The minimum atomic E-state index is -0.502. The number of nitrogens with zero attached hydrogens (tertiary/aromatic N) is 2. The van der Waals surface area contributed by atoms with Crippen LogP contribution in [0, 0.1) is 17.3 Å².